The third kappa shape index (κ3) is 8.33. The lowest BCUT2D eigenvalue weighted by Crippen LogP contribution is -2.49. The van der Waals surface area contributed by atoms with Gasteiger partial charge in [0.1, 0.15) is 29.5 Å². The van der Waals surface area contributed by atoms with Gasteiger partial charge in [0.2, 0.25) is 0 Å². The van der Waals surface area contributed by atoms with Gasteiger partial charge in [-0.25, -0.2) is 0 Å². The number of nitrogens with two attached hydrogens (primary N) is 2. The highest BCUT2D eigenvalue weighted by molar-refractivity contribution is 5.84. The second-order valence-corrected chi connectivity index (χ2v) is 18.7. The number of hydrogen-bond donors (Lipinski definition) is 7. The van der Waals surface area contributed by atoms with Gasteiger partial charge in [-0.3, -0.25) is 4.99 Å². The van der Waals surface area contributed by atoms with Gasteiger partial charge in [-0.2, -0.15) is 0 Å². The predicted octanol–water partition coefficient (Wildman–Crippen LogP) is 7.09. The zero-order chi connectivity index (χ0) is 43.1. The van der Waals surface area contributed by atoms with E-state index in [0.29, 0.717) is 65.7 Å². The van der Waals surface area contributed by atoms with Crippen LogP contribution in [0.25, 0.3) is 11.1 Å². The second-order valence-electron chi connectivity index (χ2n) is 18.7. The molecule has 11 nitrogen and oxygen atoms in total. The van der Waals surface area contributed by atoms with Crippen LogP contribution in [0.1, 0.15) is 92.7 Å². The summed E-state index contributed by atoms with van der Waals surface area (Å²) in [6.07, 6.45) is 13.1. The lowest BCUT2D eigenvalue weighted by molar-refractivity contribution is -0.0260. The molecule has 0 spiro atoms. The molecule has 328 valence electrons. The highest BCUT2D eigenvalue weighted by atomic mass is 16.5. The maximum Gasteiger partial charge on any atom is 0.185 e. The Morgan fingerprint density at radius 1 is 0.918 bits per heavy atom. The van der Waals surface area contributed by atoms with E-state index in [-0.39, 0.29) is 66.5 Å². The predicted molar refractivity (Wildman–Crippen MR) is 237 cm³/mol. The lowest BCUT2D eigenvalue weighted by atomic mass is 9.63. The van der Waals surface area contributed by atoms with Crippen LogP contribution in [0.5, 0.6) is 28.7 Å². The van der Waals surface area contributed by atoms with Gasteiger partial charge in [0, 0.05) is 61.1 Å². The molecule has 8 rings (SSSR count). The highest BCUT2D eigenvalue weighted by Gasteiger charge is 2.47. The average Bonchev–Trinajstić information content (AvgIpc) is 3.23. The quantitative estimate of drug-likeness (QED) is 0.0531. The van der Waals surface area contributed by atoms with E-state index in [0.717, 1.165) is 71.9 Å². The summed E-state index contributed by atoms with van der Waals surface area (Å²) >= 11 is 0. The zero-order valence-electron chi connectivity index (χ0n) is 36.0. The third-order valence-corrected chi connectivity index (χ3v) is 14.6. The molecule has 0 aromatic heterocycles. The fourth-order valence-electron chi connectivity index (χ4n) is 11.6. The Kier molecular flexibility index (Phi) is 12.6. The van der Waals surface area contributed by atoms with Gasteiger partial charge in [0.15, 0.2) is 17.5 Å². The zero-order valence-corrected chi connectivity index (χ0v) is 36.0. The number of rotatable bonds is 13. The molecule has 1 aliphatic heterocycles. The smallest absolute Gasteiger partial charge is 0.185 e. The van der Waals surface area contributed by atoms with Crippen molar-refractivity contribution in [3.8, 4) is 39.9 Å². The lowest BCUT2D eigenvalue weighted by Gasteiger charge is -2.47. The molecule has 9 N–H and O–H groups in total. The highest BCUT2D eigenvalue weighted by Crippen LogP contribution is 2.56. The summed E-state index contributed by atoms with van der Waals surface area (Å²) in [5.74, 6) is 3.22. The van der Waals surface area contributed by atoms with Crippen molar-refractivity contribution in [2.45, 2.75) is 96.4 Å². The van der Waals surface area contributed by atoms with Gasteiger partial charge in [-0.05, 0) is 126 Å². The minimum absolute atomic E-state index is 0.0125. The number of guanidine groups is 1. The van der Waals surface area contributed by atoms with Crippen molar-refractivity contribution >= 4 is 5.96 Å². The molecule has 0 saturated heterocycles. The molecule has 1 heterocycles. The molecule has 0 amide bonds. The number of aliphatic imine (C=N–C) groups is 1. The Hall–Kier alpha value is -4.71. The number of fused-ring (bicyclic) bond motifs is 7. The standard InChI is InChI=1S/C50H65N3O8/c1-5-27-17-30(9-6-28(27)14-15-54)36-18-34-20-40(57)35(16-26(2)3)19-37(34)47-44(59-4)23-42-38(46(36)47)22-41(58)48(60-42)31-12-13-39(56)43(21-31)61-49-29-7-10-32(24-53-50(51)52)45(49)33(25-55)11-8-29/h6-7,9-10,12-13,19-21,23,26-30,32-33,36,41,45,48-49,54-58H,5,8,11,14-18,22,24-25H2,1-4H3,(H4,51,52,53)/t27-,28+,29-,30+,32-,33+,36+,41+,45+,48-,49+/m0/s1. The Balaban J connectivity index is 1.17. The van der Waals surface area contributed by atoms with E-state index in [2.05, 4.69) is 56.1 Å². The molecular weight excluding hydrogens is 771 g/mol. The van der Waals surface area contributed by atoms with Crippen LogP contribution in [-0.4, -0.2) is 70.6 Å². The van der Waals surface area contributed by atoms with Crippen molar-refractivity contribution in [1.82, 2.24) is 0 Å². The van der Waals surface area contributed by atoms with Gasteiger partial charge < -0.3 is 51.2 Å². The normalized spacial score (nSPS) is 29.9. The summed E-state index contributed by atoms with van der Waals surface area (Å²) in [7, 11) is 1.69. The molecule has 0 radical (unpaired) electrons. The first-order valence-corrected chi connectivity index (χ1v) is 22.5. The van der Waals surface area contributed by atoms with Gasteiger partial charge >= 0.3 is 0 Å². The van der Waals surface area contributed by atoms with Gasteiger partial charge in [0.05, 0.1) is 13.2 Å². The maximum absolute atomic E-state index is 12.2. The Morgan fingerprint density at radius 2 is 1.70 bits per heavy atom. The number of allylic oxidation sites excluding steroid dienone is 2. The molecule has 0 unspecified atom stereocenters. The topological polar surface area (TPSA) is 193 Å². The fourth-order valence-corrected chi connectivity index (χ4v) is 11.6. The number of methoxy groups -OCH3 is 1. The number of phenols is 2. The number of nitrogens with zero attached hydrogens (tertiary/aromatic N) is 1. The Morgan fingerprint density at radius 3 is 2.43 bits per heavy atom. The van der Waals surface area contributed by atoms with Crippen LogP contribution >= 0.6 is 0 Å². The van der Waals surface area contributed by atoms with E-state index < -0.39 is 12.2 Å². The summed E-state index contributed by atoms with van der Waals surface area (Å²) in [6.45, 7) is 7.08. The van der Waals surface area contributed by atoms with E-state index in [9.17, 15) is 25.5 Å². The van der Waals surface area contributed by atoms with Crippen LogP contribution in [-0.2, 0) is 19.3 Å². The van der Waals surface area contributed by atoms with E-state index in [4.69, 9.17) is 25.7 Å². The van der Waals surface area contributed by atoms with Crippen molar-refractivity contribution in [1.29, 1.82) is 0 Å². The van der Waals surface area contributed by atoms with Crippen LogP contribution in [0.3, 0.4) is 0 Å². The van der Waals surface area contributed by atoms with E-state index >= 15 is 0 Å². The van der Waals surface area contributed by atoms with Crippen molar-refractivity contribution < 1.29 is 39.7 Å². The van der Waals surface area contributed by atoms with Gasteiger partial charge in [0.25, 0.3) is 0 Å². The minimum Gasteiger partial charge on any atom is -0.508 e. The molecule has 2 bridgehead atoms. The van der Waals surface area contributed by atoms with Crippen molar-refractivity contribution in [2.24, 2.45) is 63.8 Å². The number of phenolic OH excluding ortho intramolecular Hbond substituents is 2. The molecular formula is C50H65N3O8. The monoisotopic (exact) mass is 835 g/mol. The minimum atomic E-state index is -0.917. The number of aliphatic hydroxyl groups excluding tert-OH is 3. The SMILES string of the molecule is CC[C@H]1C[C@H]([C@H]2Cc3cc(O)c(CC(C)C)cc3-c3c(OC)cc4c(c32)C[C@@H](O)[C@H](c2ccc(O)c(O[C@H]3[C@H]5[C@@H](CO)CC[C@@H]3C=C[C@H]5CN=C(N)N)c2)O4)C=C[C@@H]1CCO. The largest absolute Gasteiger partial charge is 0.508 e. The summed E-state index contributed by atoms with van der Waals surface area (Å²) in [4.78, 5) is 4.30. The molecule has 3 aromatic carbocycles. The molecule has 11 heteroatoms. The van der Waals surface area contributed by atoms with Crippen LogP contribution in [0, 0.1) is 47.3 Å². The molecule has 11 atom stereocenters. The molecule has 3 aromatic rings. The maximum atomic E-state index is 12.2. The van der Waals surface area contributed by atoms with Crippen LogP contribution < -0.4 is 25.7 Å². The summed E-state index contributed by atoms with van der Waals surface area (Å²) < 4.78 is 19.9. The van der Waals surface area contributed by atoms with Crippen LogP contribution in [0.4, 0.5) is 0 Å². The Bertz CT molecular complexity index is 2160. The van der Waals surface area contributed by atoms with Crippen LogP contribution in [0.15, 0.2) is 65.7 Å². The average molecular weight is 836 g/mol. The summed E-state index contributed by atoms with van der Waals surface area (Å²) in [5.41, 5.74) is 18.2. The summed E-state index contributed by atoms with van der Waals surface area (Å²) in [6, 6.07) is 11.2. The number of benzene rings is 3. The van der Waals surface area contributed by atoms with Crippen molar-refractivity contribution in [3.63, 3.8) is 0 Å². The molecule has 4 aliphatic carbocycles. The van der Waals surface area contributed by atoms with E-state index in [1.807, 2.05) is 12.1 Å². The first kappa shape index (κ1) is 43.0. The molecule has 61 heavy (non-hydrogen) atoms. The molecule has 1 fully saturated rings. The van der Waals surface area contributed by atoms with Crippen molar-refractivity contribution in [3.05, 3.63) is 88.5 Å². The Labute approximate surface area is 360 Å². The molecule has 5 aliphatic rings. The van der Waals surface area contributed by atoms with E-state index in [1.54, 1.807) is 25.3 Å². The second kappa shape index (κ2) is 17.9. The first-order chi connectivity index (χ1) is 29.4. The first-order valence-electron chi connectivity index (χ1n) is 22.5. The van der Waals surface area contributed by atoms with E-state index in [1.165, 1.54) is 0 Å². The molecule has 1 saturated carbocycles. The number of hydrogen-bond acceptors (Lipinski definition) is 9. The number of ether oxygens (including phenoxy) is 3. The summed E-state index contributed by atoms with van der Waals surface area (Å²) in [5, 5.41) is 55.0. The van der Waals surface area contributed by atoms with Crippen LogP contribution in [0.2, 0.25) is 0 Å². The van der Waals surface area contributed by atoms with Crippen molar-refractivity contribution in [2.75, 3.05) is 26.9 Å². The number of aliphatic hydroxyl groups is 3. The third-order valence-electron chi connectivity index (χ3n) is 14.6. The van der Waals surface area contributed by atoms with Gasteiger partial charge in [-0.1, -0.05) is 57.6 Å². The number of aromatic hydroxyl groups is 2. The van der Waals surface area contributed by atoms with Gasteiger partial charge in [-0.15, -0.1) is 0 Å². The fraction of sp³-hybridized carbons (Fsp3) is 0.540.